The molecule has 0 spiro atoms. The zero-order valence-electron chi connectivity index (χ0n) is 11.0. The maximum Gasteiger partial charge on any atom is 0.200 e. The molecule has 0 aliphatic carbocycles. The molecule has 4 heteroatoms. The number of hydrogen-bond donors (Lipinski definition) is 0. The van der Waals surface area contributed by atoms with E-state index in [1.807, 2.05) is 30.3 Å². The Balaban J connectivity index is 2.11. The van der Waals surface area contributed by atoms with Gasteiger partial charge in [0, 0.05) is 12.0 Å². The third kappa shape index (κ3) is 3.20. The van der Waals surface area contributed by atoms with Crippen molar-refractivity contribution in [2.24, 2.45) is 0 Å². The Hall–Kier alpha value is -2.23. The summed E-state index contributed by atoms with van der Waals surface area (Å²) < 4.78 is 31.3. The molecule has 20 heavy (non-hydrogen) atoms. The highest BCUT2D eigenvalue weighted by atomic mass is 19.2. The Kier molecular flexibility index (Phi) is 4.45. The lowest BCUT2D eigenvalue weighted by atomic mass is 10.0. The summed E-state index contributed by atoms with van der Waals surface area (Å²) in [5.41, 5.74) is 1.15. The predicted molar refractivity (Wildman–Crippen MR) is 72.0 cm³/mol. The maximum absolute atomic E-state index is 13.3. The second-order valence-corrected chi connectivity index (χ2v) is 4.38. The highest BCUT2D eigenvalue weighted by Gasteiger charge is 2.15. The summed E-state index contributed by atoms with van der Waals surface area (Å²) in [4.78, 5) is 12.0. The Labute approximate surface area is 116 Å². The molecule has 104 valence electrons. The van der Waals surface area contributed by atoms with Gasteiger partial charge in [-0.25, -0.2) is 4.39 Å². The van der Waals surface area contributed by atoms with Crippen molar-refractivity contribution < 1.29 is 18.3 Å². The van der Waals surface area contributed by atoms with Crippen LogP contribution in [0, 0.1) is 11.6 Å². The van der Waals surface area contributed by atoms with Crippen molar-refractivity contribution in [3.8, 4) is 5.75 Å². The van der Waals surface area contributed by atoms with E-state index in [1.165, 1.54) is 13.2 Å². The molecule has 0 bridgehead atoms. The van der Waals surface area contributed by atoms with Crippen molar-refractivity contribution in [3.63, 3.8) is 0 Å². The summed E-state index contributed by atoms with van der Waals surface area (Å²) in [5, 5.41) is 0. The van der Waals surface area contributed by atoms with Gasteiger partial charge in [-0.3, -0.25) is 4.79 Å². The first kappa shape index (κ1) is 14.2. The average Bonchev–Trinajstić information content (AvgIpc) is 2.48. The van der Waals surface area contributed by atoms with Gasteiger partial charge in [-0.05, 0) is 24.1 Å². The zero-order valence-corrected chi connectivity index (χ0v) is 11.0. The van der Waals surface area contributed by atoms with Gasteiger partial charge < -0.3 is 4.74 Å². The van der Waals surface area contributed by atoms with Gasteiger partial charge in [0.2, 0.25) is 5.82 Å². The molecule has 2 aromatic carbocycles. The fourth-order valence-corrected chi connectivity index (χ4v) is 1.92. The van der Waals surface area contributed by atoms with E-state index in [4.69, 9.17) is 4.74 Å². The van der Waals surface area contributed by atoms with Crippen LogP contribution in [0.25, 0.3) is 0 Å². The van der Waals surface area contributed by atoms with Crippen molar-refractivity contribution in [2.45, 2.75) is 12.8 Å². The first-order valence-electron chi connectivity index (χ1n) is 6.22. The summed E-state index contributed by atoms with van der Waals surface area (Å²) in [6, 6.07) is 11.6. The number of methoxy groups -OCH3 is 1. The van der Waals surface area contributed by atoms with Gasteiger partial charge in [0.15, 0.2) is 17.3 Å². The van der Waals surface area contributed by atoms with E-state index in [-0.39, 0.29) is 23.5 Å². The van der Waals surface area contributed by atoms with Gasteiger partial charge in [-0.1, -0.05) is 30.3 Å². The minimum Gasteiger partial charge on any atom is -0.494 e. The summed E-state index contributed by atoms with van der Waals surface area (Å²) in [6.07, 6.45) is 0.791. The van der Waals surface area contributed by atoms with Gasteiger partial charge >= 0.3 is 0 Å². The lowest BCUT2D eigenvalue weighted by molar-refractivity contribution is 0.0982. The lowest BCUT2D eigenvalue weighted by Gasteiger charge is -2.06. The van der Waals surface area contributed by atoms with Crippen molar-refractivity contribution in [1.82, 2.24) is 0 Å². The summed E-state index contributed by atoms with van der Waals surface area (Å²) in [7, 11) is 1.23. The van der Waals surface area contributed by atoms with Crippen LogP contribution >= 0.6 is 0 Å². The topological polar surface area (TPSA) is 26.3 Å². The molecule has 0 saturated carbocycles. The fraction of sp³-hybridized carbons (Fsp3) is 0.188. The first-order chi connectivity index (χ1) is 9.61. The summed E-state index contributed by atoms with van der Waals surface area (Å²) in [6.45, 7) is 0. The number of carbonyl (C=O) groups is 1. The van der Waals surface area contributed by atoms with E-state index in [0.29, 0.717) is 6.42 Å². The molecule has 0 saturated heterocycles. The Morgan fingerprint density at radius 3 is 2.50 bits per heavy atom. The van der Waals surface area contributed by atoms with Gasteiger partial charge in [0.25, 0.3) is 0 Å². The smallest absolute Gasteiger partial charge is 0.200 e. The van der Waals surface area contributed by atoms with Crippen molar-refractivity contribution in [3.05, 3.63) is 65.2 Å². The standard InChI is InChI=1S/C16H14F2O2/c1-20-15-10-12(9-13(17)16(15)18)14(19)8-7-11-5-3-2-4-6-11/h2-6,9-10H,7-8H2,1H3. The van der Waals surface area contributed by atoms with E-state index in [2.05, 4.69) is 0 Å². The quantitative estimate of drug-likeness (QED) is 0.777. The molecule has 0 aliphatic heterocycles. The second kappa shape index (κ2) is 6.28. The van der Waals surface area contributed by atoms with Crippen LogP contribution in [0.4, 0.5) is 8.78 Å². The summed E-state index contributed by atoms with van der Waals surface area (Å²) >= 11 is 0. The van der Waals surface area contributed by atoms with Crippen LogP contribution in [-0.4, -0.2) is 12.9 Å². The molecule has 0 fully saturated rings. The van der Waals surface area contributed by atoms with Gasteiger partial charge in [0.05, 0.1) is 7.11 Å². The number of benzene rings is 2. The normalized spacial score (nSPS) is 10.3. The number of hydrogen-bond acceptors (Lipinski definition) is 2. The van der Waals surface area contributed by atoms with Crippen LogP contribution in [-0.2, 0) is 6.42 Å². The van der Waals surface area contributed by atoms with Crippen molar-refractivity contribution >= 4 is 5.78 Å². The third-order valence-electron chi connectivity index (χ3n) is 3.02. The van der Waals surface area contributed by atoms with Crippen LogP contribution < -0.4 is 4.74 Å². The van der Waals surface area contributed by atoms with Gasteiger partial charge in [0.1, 0.15) is 0 Å². The molecule has 0 heterocycles. The zero-order chi connectivity index (χ0) is 14.5. The van der Waals surface area contributed by atoms with Crippen molar-refractivity contribution in [2.75, 3.05) is 7.11 Å². The molecule has 2 aromatic rings. The monoisotopic (exact) mass is 276 g/mol. The van der Waals surface area contributed by atoms with Crippen LogP contribution in [0.3, 0.4) is 0 Å². The molecule has 0 radical (unpaired) electrons. The van der Waals surface area contributed by atoms with Crippen LogP contribution in [0.5, 0.6) is 5.75 Å². The molecule has 0 N–H and O–H groups in total. The number of ketones is 1. The Bertz CT molecular complexity index is 609. The molecule has 0 unspecified atom stereocenters. The largest absolute Gasteiger partial charge is 0.494 e. The predicted octanol–water partition coefficient (Wildman–Crippen LogP) is 3.79. The number of halogens is 2. The fourth-order valence-electron chi connectivity index (χ4n) is 1.92. The number of Topliss-reactive ketones (excluding diaryl/α,β-unsaturated/α-hetero) is 1. The molecule has 0 amide bonds. The number of carbonyl (C=O) groups excluding carboxylic acids is 1. The molecule has 2 nitrogen and oxygen atoms in total. The SMILES string of the molecule is COc1cc(C(=O)CCc2ccccc2)cc(F)c1F. The second-order valence-electron chi connectivity index (χ2n) is 4.38. The number of rotatable bonds is 5. The van der Waals surface area contributed by atoms with E-state index in [1.54, 1.807) is 0 Å². The molecule has 2 rings (SSSR count). The molecule has 0 aliphatic rings. The molecule has 0 atom stereocenters. The Morgan fingerprint density at radius 1 is 1.15 bits per heavy atom. The van der Waals surface area contributed by atoms with E-state index < -0.39 is 11.6 Å². The molecular weight excluding hydrogens is 262 g/mol. The first-order valence-corrected chi connectivity index (χ1v) is 6.22. The number of aryl methyl sites for hydroxylation is 1. The van der Waals surface area contributed by atoms with E-state index in [0.717, 1.165) is 11.6 Å². The summed E-state index contributed by atoms with van der Waals surface area (Å²) in [5.74, 6) is -2.65. The highest BCUT2D eigenvalue weighted by Crippen LogP contribution is 2.23. The molecule has 0 aromatic heterocycles. The molecular formula is C16H14F2O2. The van der Waals surface area contributed by atoms with Crippen molar-refractivity contribution in [1.29, 1.82) is 0 Å². The minimum absolute atomic E-state index is 0.122. The van der Waals surface area contributed by atoms with Crippen LogP contribution in [0.1, 0.15) is 22.3 Å². The van der Waals surface area contributed by atoms with Crippen LogP contribution in [0.2, 0.25) is 0 Å². The highest BCUT2D eigenvalue weighted by molar-refractivity contribution is 5.96. The van der Waals surface area contributed by atoms with Gasteiger partial charge in [-0.15, -0.1) is 0 Å². The minimum atomic E-state index is -1.08. The Morgan fingerprint density at radius 2 is 1.85 bits per heavy atom. The van der Waals surface area contributed by atoms with Gasteiger partial charge in [-0.2, -0.15) is 4.39 Å². The number of ether oxygens (including phenoxy) is 1. The van der Waals surface area contributed by atoms with E-state index in [9.17, 15) is 13.6 Å². The lowest BCUT2D eigenvalue weighted by Crippen LogP contribution is -2.04. The van der Waals surface area contributed by atoms with Crippen LogP contribution in [0.15, 0.2) is 42.5 Å². The van der Waals surface area contributed by atoms with E-state index >= 15 is 0 Å². The average molecular weight is 276 g/mol. The maximum atomic E-state index is 13.3. The third-order valence-corrected chi connectivity index (χ3v) is 3.02.